The van der Waals surface area contributed by atoms with Gasteiger partial charge in [-0.25, -0.2) is 4.98 Å². The molecule has 0 spiro atoms. The molecule has 0 radical (unpaired) electrons. The van der Waals surface area contributed by atoms with Crippen molar-refractivity contribution >= 4 is 21.8 Å². The Morgan fingerprint density at radius 3 is 2.74 bits per heavy atom. The Bertz CT molecular complexity index is 646. The van der Waals surface area contributed by atoms with Crippen LogP contribution in [-0.4, -0.2) is 28.1 Å². The zero-order chi connectivity index (χ0) is 16.8. The molecule has 1 aromatic heterocycles. The maximum absolute atomic E-state index is 12.7. The highest BCUT2D eigenvalue weighted by atomic mass is 79.9. The van der Waals surface area contributed by atoms with E-state index in [4.69, 9.17) is 4.74 Å². The van der Waals surface area contributed by atoms with Crippen molar-refractivity contribution in [2.75, 3.05) is 6.54 Å². The number of nitrogens with one attached hydrogen (secondary N) is 1. The Morgan fingerprint density at radius 2 is 2.09 bits per heavy atom. The van der Waals surface area contributed by atoms with E-state index in [1.807, 2.05) is 12.1 Å². The van der Waals surface area contributed by atoms with Crippen molar-refractivity contribution in [3.05, 3.63) is 47.0 Å². The Morgan fingerprint density at radius 1 is 1.39 bits per heavy atom. The second-order valence-electron chi connectivity index (χ2n) is 4.78. The molecule has 1 aromatic carbocycles. The van der Waals surface area contributed by atoms with Crippen molar-refractivity contribution in [2.24, 2.45) is 0 Å². The lowest BCUT2D eigenvalue weighted by Crippen LogP contribution is -2.37. The molecule has 2 aromatic rings. The minimum absolute atomic E-state index is 0.205. The highest BCUT2D eigenvalue weighted by Crippen LogP contribution is 2.17. The molecule has 0 aliphatic carbocycles. The SMILES string of the molecule is CC(Oc1ccc(Br)cc1)C(=O)NCCc1nccn1C(F)F. The molecule has 0 fully saturated rings. The van der Waals surface area contributed by atoms with Crippen LogP contribution >= 0.6 is 15.9 Å². The van der Waals surface area contributed by atoms with Gasteiger partial charge in [0.1, 0.15) is 11.6 Å². The van der Waals surface area contributed by atoms with Crippen molar-refractivity contribution in [2.45, 2.75) is 26.0 Å². The van der Waals surface area contributed by atoms with Gasteiger partial charge in [-0.2, -0.15) is 8.78 Å². The number of carbonyl (C=O) groups excluding carboxylic acids is 1. The zero-order valence-electron chi connectivity index (χ0n) is 12.4. The summed E-state index contributed by atoms with van der Waals surface area (Å²) in [6.45, 7) is -0.809. The fourth-order valence-electron chi connectivity index (χ4n) is 1.93. The van der Waals surface area contributed by atoms with Crippen LogP contribution in [0.4, 0.5) is 8.78 Å². The highest BCUT2D eigenvalue weighted by molar-refractivity contribution is 9.10. The Kier molecular flexibility index (Phi) is 6.09. The molecule has 1 unspecified atom stereocenters. The highest BCUT2D eigenvalue weighted by Gasteiger charge is 2.15. The average Bonchev–Trinajstić information content (AvgIpc) is 2.98. The van der Waals surface area contributed by atoms with Crippen LogP contribution in [-0.2, 0) is 11.2 Å². The van der Waals surface area contributed by atoms with E-state index in [9.17, 15) is 13.6 Å². The second-order valence-corrected chi connectivity index (χ2v) is 5.70. The molecular weight excluding hydrogens is 372 g/mol. The van der Waals surface area contributed by atoms with E-state index in [0.29, 0.717) is 5.75 Å². The van der Waals surface area contributed by atoms with Crippen LogP contribution in [0.3, 0.4) is 0 Å². The number of carbonyl (C=O) groups is 1. The largest absolute Gasteiger partial charge is 0.481 e. The van der Waals surface area contributed by atoms with Crippen LogP contribution in [0.5, 0.6) is 5.75 Å². The molecule has 0 saturated carbocycles. The van der Waals surface area contributed by atoms with Crippen molar-refractivity contribution < 1.29 is 18.3 Å². The third-order valence-corrected chi connectivity index (χ3v) is 3.63. The number of amides is 1. The maximum atomic E-state index is 12.7. The lowest BCUT2D eigenvalue weighted by atomic mass is 10.3. The van der Waals surface area contributed by atoms with Gasteiger partial charge in [-0.15, -0.1) is 0 Å². The molecule has 0 saturated heterocycles. The summed E-state index contributed by atoms with van der Waals surface area (Å²) in [4.78, 5) is 15.8. The fraction of sp³-hybridized carbons (Fsp3) is 0.333. The number of halogens is 3. The summed E-state index contributed by atoms with van der Waals surface area (Å²) in [5.41, 5.74) is 0. The molecule has 0 aliphatic rings. The summed E-state index contributed by atoms with van der Waals surface area (Å²) in [6.07, 6.45) is 2.05. The van der Waals surface area contributed by atoms with Crippen molar-refractivity contribution in [1.82, 2.24) is 14.9 Å². The van der Waals surface area contributed by atoms with Crippen molar-refractivity contribution in [3.63, 3.8) is 0 Å². The van der Waals surface area contributed by atoms with Gasteiger partial charge in [-0.1, -0.05) is 15.9 Å². The number of hydrogen-bond acceptors (Lipinski definition) is 3. The summed E-state index contributed by atoms with van der Waals surface area (Å²) in [5, 5.41) is 2.65. The van der Waals surface area contributed by atoms with Crippen LogP contribution in [0.2, 0.25) is 0 Å². The van der Waals surface area contributed by atoms with E-state index in [2.05, 4.69) is 26.2 Å². The molecule has 0 bridgehead atoms. The molecule has 0 aliphatic heterocycles. The normalized spacial score (nSPS) is 12.2. The lowest BCUT2D eigenvalue weighted by Gasteiger charge is -2.15. The molecule has 1 amide bonds. The minimum atomic E-state index is -2.64. The minimum Gasteiger partial charge on any atom is -0.481 e. The summed E-state index contributed by atoms with van der Waals surface area (Å²) in [7, 11) is 0. The Balaban J connectivity index is 1.80. The predicted octanol–water partition coefficient (Wildman–Crippen LogP) is 3.17. The van der Waals surface area contributed by atoms with Gasteiger partial charge in [-0.3, -0.25) is 9.36 Å². The van der Waals surface area contributed by atoms with Gasteiger partial charge in [-0.05, 0) is 31.2 Å². The first-order chi connectivity index (χ1) is 11.0. The van der Waals surface area contributed by atoms with Crippen LogP contribution < -0.4 is 10.1 Å². The van der Waals surface area contributed by atoms with E-state index in [1.54, 1.807) is 19.1 Å². The molecule has 124 valence electrons. The number of ether oxygens (including phenoxy) is 1. The average molecular weight is 388 g/mol. The molecule has 8 heteroatoms. The van der Waals surface area contributed by atoms with Gasteiger partial charge in [0.15, 0.2) is 6.10 Å². The summed E-state index contributed by atoms with van der Waals surface area (Å²) in [6, 6.07) is 7.11. The molecule has 23 heavy (non-hydrogen) atoms. The smallest absolute Gasteiger partial charge is 0.319 e. The van der Waals surface area contributed by atoms with E-state index < -0.39 is 12.7 Å². The van der Waals surface area contributed by atoms with Gasteiger partial charge in [0.05, 0.1) is 0 Å². The summed E-state index contributed by atoms with van der Waals surface area (Å²) >= 11 is 3.31. The van der Waals surface area contributed by atoms with E-state index in [0.717, 1.165) is 9.04 Å². The molecule has 2 rings (SSSR count). The number of benzene rings is 1. The van der Waals surface area contributed by atoms with Crippen LogP contribution in [0.15, 0.2) is 41.1 Å². The van der Waals surface area contributed by atoms with E-state index in [1.165, 1.54) is 12.4 Å². The molecule has 1 N–H and O–H groups in total. The fourth-order valence-corrected chi connectivity index (χ4v) is 2.19. The van der Waals surface area contributed by atoms with Gasteiger partial charge in [0.25, 0.3) is 5.91 Å². The monoisotopic (exact) mass is 387 g/mol. The van der Waals surface area contributed by atoms with Crippen LogP contribution in [0.1, 0.15) is 19.3 Å². The Labute approximate surface area is 140 Å². The van der Waals surface area contributed by atoms with Crippen molar-refractivity contribution in [3.8, 4) is 5.75 Å². The van der Waals surface area contributed by atoms with Gasteiger partial charge in [0.2, 0.25) is 0 Å². The van der Waals surface area contributed by atoms with Gasteiger partial charge >= 0.3 is 6.55 Å². The summed E-state index contributed by atoms with van der Waals surface area (Å²) < 4.78 is 32.5. The number of alkyl halides is 2. The molecule has 1 heterocycles. The molecular formula is C15H16BrF2N3O2. The number of imidazole rings is 1. The maximum Gasteiger partial charge on any atom is 0.319 e. The predicted molar refractivity (Wildman–Crippen MR) is 84.4 cm³/mol. The number of hydrogen-bond donors (Lipinski definition) is 1. The number of nitrogens with zero attached hydrogens (tertiary/aromatic N) is 2. The van der Waals surface area contributed by atoms with E-state index >= 15 is 0 Å². The third kappa shape index (κ3) is 5.02. The third-order valence-electron chi connectivity index (χ3n) is 3.10. The number of aromatic nitrogens is 2. The van der Waals surface area contributed by atoms with Crippen LogP contribution in [0, 0.1) is 0 Å². The van der Waals surface area contributed by atoms with Crippen LogP contribution in [0.25, 0.3) is 0 Å². The van der Waals surface area contributed by atoms with Crippen molar-refractivity contribution in [1.29, 1.82) is 0 Å². The molecule has 1 atom stereocenters. The second kappa shape index (κ2) is 8.05. The summed E-state index contributed by atoms with van der Waals surface area (Å²) in [5.74, 6) is 0.481. The van der Waals surface area contributed by atoms with Gasteiger partial charge < -0.3 is 10.1 Å². The topological polar surface area (TPSA) is 56.1 Å². The standard InChI is InChI=1S/C15H16BrF2N3O2/c1-10(23-12-4-2-11(16)3-5-12)14(22)20-7-6-13-19-8-9-21(13)15(17)18/h2-5,8-10,15H,6-7H2,1H3,(H,20,22). The first kappa shape index (κ1) is 17.4. The van der Waals surface area contributed by atoms with E-state index in [-0.39, 0.29) is 24.7 Å². The lowest BCUT2D eigenvalue weighted by molar-refractivity contribution is -0.127. The van der Waals surface area contributed by atoms with Gasteiger partial charge in [0, 0.05) is 29.8 Å². The first-order valence-electron chi connectivity index (χ1n) is 6.97. The zero-order valence-corrected chi connectivity index (χ0v) is 14.0. The first-order valence-corrected chi connectivity index (χ1v) is 7.76. The number of rotatable bonds is 7. The molecule has 5 nitrogen and oxygen atoms in total. The Hall–Kier alpha value is -1.96. The quantitative estimate of drug-likeness (QED) is 0.793.